The molecule has 126 valence electrons. The van der Waals surface area contributed by atoms with Crippen LogP contribution in [0.4, 0.5) is 5.69 Å². The number of carbonyl (C=O) groups excluding carboxylic acids is 1. The molecule has 0 saturated heterocycles. The molecule has 3 rings (SSSR count). The van der Waals surface area contributed by atoms with Crippen molar-refractivity contribution in [2.24, 2.45) is 10.2 Å². The Balaban J connectivity index is 1.88. The number of Topliss-reactive ketones (excluding diaryl/α,β-unsaturated/α-hetero) is 1. The maximum Gasteiger partial charge on any atom is 0.245 e. The highest BCUT2D eigenvalue weighted by Crippen LogP contribution is 2.32. The smallest absolute Gasteiger partial charge is 0.245 e. The van der Waals surface area contributed by atoms with Gasteiger partial charge in [-0.05, 0) is 36.4 Å². The highest BCUT2D eigenvalue weighted by molar-refractivity contribution is 6.37. The molecule has 6 nitrogen and oxygen atoms in total. The monoisotopic (exact) mass is 375 g/mol. The minimum atomic E-state index is -0.556. The van der Waals surface area contributed by atoms with Crippen LogP contribution in [0.3, 0.4) is 0 Å². The van der Waals surface area contributed by atoms with Gasteiger partial charge in [-0.1, -0.05) is 23.2 Å². The van der Waals surface area contributed by atoms with Gasteiger partial charge in [0, 0.05) is 16.3 Å². The zero-order chi connectivity index (χ0) is 18.0. The summed E-state index contributed by atoms with van der Waals surface area (Å²) in [6.07, 6.45) is 2.42. The Labute approximate surface area is 152 Å². The van der Waals surface area contributed by atoms with E-state index in [9.17, 15) is 9.90 Å². The van der Waals surface area contributed by atoms with E-state index >= 15 is 0 Å². The molecule has 1 aliphatic heterocycles. The van der Waals surface area contributed by atoms with Gasteiger partial charge in [-0.2, -0.15) is 5.10 Å². The second-order valence-electron chi connectivity index (χ2n) is 5.08. The topological polar surface area (TPSA) is 97.3 Å². The largest absolute Gasteiger partial charge is 0.506 e. The molecule has 2 aromatic rings. The number of ketones is 1. The average Bonchev–Trinajstić information content (AvgIpc) is 2.84. The number of phenolic OH excluding ortho intramolecular Hbond substituents is 1. The highest BCUT2D eigenvalue weighted by atomic mass is 35.5. The van der Waals surface area contributed by atoms with E-state index in [4.69, 9.17) is 33.7 Å². The predicted molar refractivity (Wildman–Crippen MR) is 97.5 cm³/mol. The number of allylic oxidation sites excluding steroid dienone is 1. The van der Waals surface area contributed by atoms with E-state index < -0.39 is 5.78 Å². The molecule has 0 bridgehead atoms. The SMILES string of the molecule is Nc1ccc(C2=NN=CC(C(=O)c3cc(Cl)cc(Cl)c3O)=CO2)cc1. The Bertz CT molecular complexity index is 935. The van der Waals surface area contributed by atoms with E-state index in [-0.39, 0.29) is 32.8 Å². The lowest BCUT2D eigenvalue weighted by Crippen LogP contribution is -2.07. The number of carbonyl (C=O) groups is 1. The second kappa shape index (κ2) is 6.96. The van der Waals surface area contributed by atoms with E-state index in [1.807, 2.05) is 0 Å². The van der Waals surface area contributed by atoms with Gasteiger partial charge in [-0.3, -0.25) is 4.79 Å². The first-order valence-corrected chi connectivity index (χ1v) is 7.78. The van der Waals surface area contributed by atoms with E-state index in [1.54, 1.807) is 24.3 Å². The molecule has 0 spiro atoms. The van der Waals surface area contributed by atoms with E-state index in [0.29, 0.717) is 11.3 Å². The molecule has 0 unspecified atom stereocenters. The molecular weight excluding hydrogens is 365 g/mol. The van der Waals surface area contributed by atoms with Crippen LogP contribution in [0.5, 0.6) is 5.75 Å². The molecule has 1 aliphatic rings. The number of hydrogen-bond donors (Lipinski definition) is 2. The van der Waals surface area contributed by atoms with Gasteiger partial charge in [0.25, 0.3) is 0 Å². The summed E-state index contributed by atoms with van der Waals surface area (Å²) in [6.45, 7) is 0. The Morgan fingerprint density at radius 3 is 2.60 bits per heavy atom. The maximum atomic E-state index is 12.6. The molecular formula is C17H11Cl2N3O3. The molecule has 0 saturated carbocycles. The van der Waals surface area contributed by atoms with Gasteiger partial charge in [0.05, 0.1) is 22.4 Å². The van der Waals surface area contributed by atoms with Crippen molar-refractivity contribution in [1.82, 2.24) is 0 Å². The summed E-state index contributed by atoms with van der Waals surface area (Å²) in [5, 5.41) is 17.9. The van der Waals surface area contributed by atoms with E-state index in [1.165, 1.54) is 24.6 Å². The fraction of sp³-hybridized carbons (Fsp3) is 0. The Morgan fingerprint density at radius 1 is 1.16 bits per heavy atom. The summed E-state index contributed by atoms with van der Waals surface area (Å²) >= 11 is 11.7. The van der Waals surface area contributed by atoms with Crippen molar-refractivity contribution in [3.8, 4) is 5.75 Å². The zero-order valence-corrected chi connectivity index (χ0v) is 14.1. The molecule has 3 N–H and O–H groups in total. The summed E-state index contributed by atoms with van der Waals surface area (Å²) in [5.74, 6) is -0.721. The Morgan fingerprint density at radius 2 is 1.88 bits per heavy atom. The van der Waals surface area contributed by atoms with Gasteiger partial charge < -0.3 is 15.6 Å². The fourth-order valence-corrected chi connectivity index (χ4v) is 2.57. The van der Waals surface area contributed by atoms with Crippen LogP contribution in [0.15, 0.2) is 58.4 Å². The quantitative estimate of drug-likeness (QED) is 0.629. The molecule has 0 aliphatic carbocycles. The first kappa shape index (κ1) is 17.0. The summed E-state index contributed by atoms with van der Waals surface area (Å²) in [4.78, 5) is 12.6. The van der Waals surface area contributed by atoms with Crippen molar-refractivity contribution in [2.45, 2.75) is 0 Å². The standard InChI is InChI=1S/C17H11Cl2N3O3/c18-11-5-13(16(24)14(19)6-11)15(23)10-7-21-22-17(25-8-10)9-1-3-12(20)4-2-9/h1-8,24H,20H2. The molecule has 0 radical (unpaired) electrons. The zero-order valence-electron chi connectivity index (χ0n) is 12.6. The van der Waals surface area contributed by atoms with Crippen LogP contribution in [-0.4, -0.2) is 23.0 Å². The lowest BCUT2D eigenvalue weighted by atomic mass is 10.0. The molecule has 0 amide bonds. The Hall–Kier alpha value is -2.83. The summed E-state index contributed by atoms with van der Waals surface area (Å²) < 4.78 is 5.44. The lowest BCUT2D eigenvalue weighted by molar-refractivity contribution is 0.103. The maximum absolute atomic E-state index is 12.6. The van der Waals surface area contributed by atoms with Gasteiger partial charge >= 0.3 is 0 Å². The average molecular weight is 376 g/mol. The van der Waals surface area contributed by atoms with E-state index in [0.717, 1.165) is 0 Å². The third-order valence-corrected chi connectivity index (χ3v) is 3.84. The van der Waals surface area contributed by atoms with Crippen molar-refractivity contribution in [2.75, 3.05) is 5.73 Å². The van der Waals surface area contributed by atoms with Crippen LogP contribution in [-0.2, 0) is 4.74 Å². The van der Waals surface area contributed by atoms with Crippen molar-refractivity contribution in [3.63, 3.8) is 0 Å². The molecule has 25 heavy (non-hydrogen) atoms. The normalized spacial score (nSPS) is 13.5. The number of ether oxygens (including phenoxy) is 1. The van der Waals surface area contributed by atoms with Gasteiger partial charge in [-0.25, -0.2) is 0 Å². The van der Waals surface area contributed by atoms with Crippen LogP contribution in [0.1, 0.15) is 15.9 Å². The van der Waals surface area contributed by atoms with Gasteiger partial charge in [0.2, 0.25) is 11.7 Å². The van der Waals surface area contributed by atoms with Gasteiger partial charge in [0.15, 0.2) is 0 Å². The molecule has 8 heteroatoms. The minimum absolute atomic E-state index is 0.0262. The van der Waals surface area contributed by atoms with Crippen molar-refractivity contribution in [1.29, 1.82) is 0 Å². The second-order valence-corrected chi connectivity index (χ2v) is 5.92. The molecule has 2 aromatic carbocycles. The number of anilines is 1. The van der Waals surface area contributed by atoms with Crippen molar-refractivity contribution < 1.29 is 14.6 Å². The lowest BCUT2D eigenvalue weighted by Gasteiger charge is -2.07. The molecule has 0 fully saturated rings. The van der Waals surface area contributed by atoms with Crippen molar-refractivity contribution in [3.05, 3.63) is 69.4 Å². The minimum Gasteiger partial charge on any atom is -0.506 e. The number of nitrogens with zero attached hydrogens (tertiary/aromatic N) is 2. The molecule has 0 aromatic heterocycles. The number of rotatable bonds is 3. The first-order chi connectivity index (χ1) is 12.0. The molecule has 1 heterocycles. The number of nitrogens with two attached hydrogens (primary N) is 1. The third kappa shape index (κ3) is 3.65. The number of nitrogen functional groups attached to an aromatic ring is 1. The van der Waals surface area contributed by atoms with Crippen LogP contribution in [0, 0.1) is 0 Å². The van der Waals surface area contributed by atoms with Crippen LogP contribution >= 0.6 is 23.2 Å². The molecule has 0 atom stereocenters. The number of halogens is 2. The first-order valence-electron chi connectivity index (χ1n) is 7.02. The van der Waals surface area contributed by atoms with Crippen LogP contribution in [0.25, 0.3) is 0 Å². The number of benzene rings is 2. The fourth-order valence-electron chi connectivity index (χ4n) is 2.07. The highest BCUT2D eigenvalue weighted by Gasteiger charge is 2.20. The Kier molecular flexibility index (Phi) is 4.74. The number of aromatic hydroxyl groups is 1. The number of hydrogen-bond acceptors (Lipinski definition) is 6. The van der Waals surface area contributed by atoms with E-state index in [2.05, 4.69) is 10.2 Å². The summed E-state index contributed by atoms with van der Waals surface area (Å²) in [5.41, 5.74) is 6.89. The van der Waals surface area contributed by atoms with Crippen molar-refractivity contribution >= 4 is 46.8 Å². The predicted octanol–water partition coefficient (Wildman–Crippen LogP) is 3.81. The van der Waals surface area contributed by atoms with Gasteiger partial charge in [0.1, 0.15) is 12.0 Å². The van der Waals surface area contributed by atoms with Gasteiger partial charge in [-0.15, -0.1) is 5.10 Å². The van der Waals surface area contributed by atoms with Crippen LogP contribution in [0.2, 0.25) is 10.0 Å². The third-order valence-electron chi connectivity index (χ3n) is 3.34. The van der Waals surface area contributed by atoms with Crippen LogP contribution < -0.4 is 5.73 Å². The number of phenols is 1. The summed E-state index contributed by atoms with van der Waals surface area (Å²) in [7, 11) is 0. The summed E-state index contributed by atoms with van der Waals surface area (Å²) in [6, 6.07) is 9.46.